The fourth-order valence-electron chi connectivity index (χ4n) is 2.07. The van der Waals surface area contributed by atoms with Crippen molar-refractivity contribution in [1.82, 2.24) is 19.8 Å². The highest BCUT2D eigenvalue weighted by Crippen LogP contribution is 2.16. The average Bonchev–Trinajstić information content (AvgIpc) is 2.88. The van der Waals surface area contributed by atoms with Gasteiger partial charge in [-0.25, -0.2) is 13.6 Å². The molecule has 3 rings (SSSR count). The minimum absolute atomic E-state index is 0.309. The van der Waals surface area contributed by atoms with Crippen molar-refractivity contribution in [3.8, 4) is 5.69 Å². The van der Waals surface area contributed by atoms with Crippen LogP contribution in [0.15, 0.2) is 47.3 Å². The van der Waals surface area contributed by atoms with Crippen LogP contribution >= 0.6 is 0 Å². The lowest BCUT2D eigenvalue weighted by Gasteiger charge is -2.07. The van der Waals surface area contributed by atoms with E-state index in [1.165, 1.54) is 37.4 Å². The molecule has 0 aliphatic rings. The Balaban J connectivity index is 1.83. The molecular weight excluding hydrogens is 320 g/mol. The van der Waals surface area contributed by atoms with Gasteiger partial charge in [0.25, 0.3) is 5.91 Å². The van der Waals surface area contributed by atoms with E-state index >= 15 is 0 Å². The number of halogens is 2. The van der Waals surface area contributed by atoms with Gasteiger partial charge in [0, 0.05) is 12.7 Å². The van der Waals surface area contributed by atoms with Crippen LogP contribution in [0.3, 0.4) is 0 Å². The Morgan fingerprint density at radius 3 is 2.21 bits per heavy atom. The van der Waals surface area contributed by atoms with E-state index in [9.17, 15) is 18.4 Å². The van der Waals surface area contributed by atoms with Gasteiger partial charge in [0.2, 0.25) is 0 Å². The van der Waals surface area contributed by atoms with Crippen molar-refractivity contribution in [2.24, 2.45) is 7.05 Å². The Labute approximate surface area is 134 Å². The second-order valence-corrected chi connectivity index (χ2v) is 4.89. The van der Waals surface area contributed by atoms with Crippen LogP contribution in [0.2, 0.25) is 0 Å². The molecule has 0 saturated carbocycles. The lowest BCUT2D eigenvalue weighted by molar-refractivity contribution is 0.101. The van der Waals surface area contributed by atoms with Crippen molar-refractivity contribution < 1.29 is 13.6 Å². The molecule has 1 amide bonds. The predicted octanol–water partition coefficient (Wildman–Crippen LogP) is 1.50. The van der Waals surface area contributed by atoms with Crippen LogP contribution in [0.5, 0.6) is 0 Å². The summed E-state index contributed by atoms with van der Waals surface area (Å²) >= 11 is 0. The number of tetrazole rings is 1. The lowest BCUT2D eigenvalue weighted by atomic mass is 10.1. The molecule has 1 aromatic heterocycles. The normalized spacial score (nSPS) is 10.6. The highest BCUT2D eigenvalue weighted by atomic mass is 19.1. The molecule has 1 heterocycles. The third kappa shape index (κ3) is 2.78. The largest absolute Gasteiger partial charge is 0.368 e. The maximum absolute atomic E-state index is 13.6. The Morgan fingerprint density at radius 1 is 1.04 bits per heavy atom. The Morgan fingerprint density at radius 2 is 1.67 bits per heavy atom. The van der Waals surface area contributed by atoms with Gasteiger partial charge in [-0.15, -0.1) is 0 Å². The second-order valence-electron chi connectivity index (χ2n) is 4.89. The standard InChI is InChI=1S/C15H11F2N5O2/c1-21-15(24)22(20-19-21)10-7-5-9(6-8-10)18-14(23)13-11(16)3-2-4-12(13)17/h2-8H,1H3,(H,18,23). The number of nitrogens with one attached hydrogen (secondary N) is 1. The van der Waals surface area contributed by atoms with Gasteiger partial charge in [0.05, 0.1) is 5.69 Å². The van der Waals surface area contributed by atoms with Gasteiger partial charge < -0.3 is 5.32 Å². The highest BCUT2D eigenvalue weighted by molar-refractivity contribution is 6.04. The number of anilines is 1. The topological polar surface area (TPSA) is 81.8 Å². The van der Waals surface area contributed by atoms with Crippen LogP contribution in [-0.4, -0.2) is 25.7 Å². The number of carbonyl (C=O) groups is 1. The monoisotopic (exact) mass is 331 g/mol. The van der Waals surface area contributed by atoms with E-state index in [0.29, 0.717) is 11.4 Å². The molecule has 0 radical (unpaired) electrons. The molecule has 0 fully saturated rings. The van der Waals surface area contributed by atoms with Gasteiger partial charge in [-0.05, 0) is 46.8 Å². The van der Waals surface area contributed by atoms with Crippen LogP contribution in [0.4, 0.5) is 14.5 Å². The molecule has 9 heteroatoms. The Bertz CT molecular complexity index is 942. The summed E-state index contributed by atoms with van der Waals surface area (Å²) in [6, 6.07) is 9.17. The smallest absolute Gasteiger partial charge is 0.322 e. The number of aromatic nitrogens is 4. The first-order valence-corrected chi connectivity index (χ1v) is 6.82. The van der Waals surface area contributed by atoms with Gasteiger partial charge >= 0.3 is 5.69 Å². The molecule has 0 bridgehead atoms. The SMILES string of the molecule is Cn1nnn(-c2ccc(NC(=O)c3c(F)cccc3F)cc2)c1=O. The number of hydrogen-bond acceptors (Lipinski definition) is 4. The van der Waals surface area contributed by atoms with Crippen molar-refractivity contribution in [2.45, 2.75) is 0 Å². The first-order chi connectivity index (χ1) is 11.5. The van der Waals surface area contributed by atoms with Gasteiger partial charge in [0.15, 0.2) is 0 Å². The van der Waals surface area contributed by atoms with E-state index in [1.54, 1.807) is 0 Å². The van der Waals surface area contributed by atoms with Gasteiger partial charge in [-0.1, -0.05) is 6.07 Å². The van der Waals surface area contributed by atoms with Gasteiger partial charge in [-0.2, -0.15) is 9.36 Å². The van der Waals surface area contributed by atoms with Crippen LogP contribution in [0.25, 0.3) is 5.69 Å². The molecule has 0 atom stereocenters. The first kappa shape index (κ1) is 15.5. The zero-order valence-electron chi connectivity index (χ0n) is 12.4. The third-order valence-corrected chi connectivity index (χ3v) is 3.28. The quantitative estimate of drug-likeness (QED) is 0.788. The van der Waals surface area contributed by atoms with Crippen molar-refractivity contribution in [3.63, 3.8) is 0 Å². The Hall–Kier alpha value is -3.36. The molecule has 0 spiro atoms. The molecule has 24 heavy (non-hydrogen) atoms. The maximum atomic E-state index is 13.6. The summed E-state index contributed by atoms with van der Waals surface area (Å²) in [5, 5.41) is 9.65. The fourth-order valence-corrected chi connectivity index (χ4v) is 2.07. The zero-order chi connectivity index (χ0) is 17.3. The van der Waals surface area contributed by atoms with Crippen LogP contribution in [0.1, 0.15) is 10.4 Å². The molecule has 7 nitrogen and oxygen atoms in total. The van der Waals surface area contributed by atoms with E-state index in [0.717, 1.165) is 21.5 Å². The van der Waals surface area contributed by atoms with Crippen LogP contribution < -0.4 is 11.0 Å². The number of rotatable bonds is 3. The van der Waals surface area contributed by atoms with Crippen molar-refractivity contribution in [1.29, 1.82) is 0 Å². The van der Waals surface area contributed by atoms with E-state index in [-0.39, 0.29) is 0 Å². The molecule has 0 aliphatic heterocycles. The molecule has 2 aromatic carbocycles. The third-order valence-electron chi connectivity index (χ3n) is 3.28. The van der Waals surface area contributed by atoms with Crippen LogP contribution in [-0.2, 0) is 7.05 Å². The molecule has 0 aliphatic carbocycles. The first-order valence-electron chi connectivity index (χ1n) is 6.82. The molecule has 3 aromatic rings. The summed E-state index contributed by atoms with van der Waals surface area (Å²) in [4.78, 5) is 23.7. The fraction of sp³-hybridized carbons (Fsp3) is 0.0667. The minimum atomic E-state index is -0.949. The van der Waals surface area contributed by atoms with Crippen LogP contribution in [0, 0.1) is 11.6 Å². The summed E-state index contributed by atoms with van der Waals surface area (Å²) in [5.41, 5.74) is -0.349. The number of benzene rings is 2. The summed E-state index contributed by atoms with van der Waals surface area (Å²) in [6.07, 6.45) is 0. The van der Waals surface area contributed by atoms with Gasteiger partial charge in [0.1, 0.15) is 17.2 Å². The van der Waals surface area contributed by atoms with Crippen molar-refractivity contribution >= 4 is 11.6 Å². The zero-order valence-corrected chi connectivity index (χ0v) is 12.4. The van der Waals surface area contributed by atoms with E-state index in [2.05, 4.69) is 15.7 Å². The summed E-state index contributed by atoms with van der Waals surface area (Å²) in [5.74, 6) is -2.81. The predicted molar refractivity (Wildman–Crippen MR) is 80.9 cm³/mol. The summed E-state index contributed by atoms with van der Waals surface area (Å²) in [7, 11) is 1.46. The molecule has 122 valence electrons. The average molecular weight is 331 g/mol. The highest BCUT2D eigenvalue weighted by Gasteiger charge is 2.17. The number of amides is 1. The van der Waals surface area contributed by atoms with Crippen molar-refractivity contribution in [3.05, 3.63) is 70.1 Å². The number of nitrogens with zero attached hydrogens (tertiary/aromatic N) is 4. The molecule has 1 N–H and O–H groups in total. The minimum Gasteiger partial charge on any atom is -0.322 e. The molecule has 0 saturated heterocycles. The van der Waals surface area contributed by atoms with E-state index in [4.69, 9.17) is 0 Å². The lowest BCUT2D eigenvalue weighted by Crippen LogP contribution is -2.22. The molecular formula is C15H11F2N5O2. The number of carbonyl (C=O) groups excluding carboxylic acids is 1. The second kappa shape index (κ2) is 6.03. The van der Waals surface area contributed by atoms with E-state index in [1.807, 2.05) is 0 Å². The summed E-state index contributed by atoms with van der Waals surface area (Å²) < 4.78 is 29.3. The number of hydrogen-bond donors (Lipinski definition) is 1. The van der Waals surface area contributed by atoms with E-state index < -0.39 is 28.8 Å². The summed E-state index contributed by atoms with van der Waals surface area (Å²) in [6.45, 7) is 0. The molecule has 0 unspecified atom stereocenters. The van der Waals surface area contributed by atoms with Gasteiger partial charge in [-0.3, -0.25) is 4.79 Å². The Kier molecular flexibility index (Phi) is 3.90. The number of aryl methyl sites for hydroxylation is 1. The van der Waals surface area contributed by atoms with Crippen molar-refractivity contribution in [2.75, 3.05) is 5.32 Å². The maximum Gasteiger partial charge on any atom is 0.368 e.